The van der Waals surface area contributed by atoms with E-state index >= 15 is 0 Å². The van der Waals surface area contributed by atoms with Gasteiger partial charge in [0, 0.05) is 12.5 Å². The Morgan fingerprint density at radius 2 is 1.28 bits per heavy atom. The molecule has 1 amide bonds. The van der Waals surface area contributed by atoms with Crippen molar-refractivity contribution in [3.8, 4) is 0 Å². The minimum absolute atomic E-state index is 0.0325. The minimum Gasteiger partial charge on any atom is -0.477 e. The molecule has 0 aromatic rings. The molecule has 0 aromatic carbocycles. The number of aliphatic carboxylic acids is 2. The molecule has 0 aliphatic heterocycles. The highest BCUT2D eigenvalue weighted by molar-refractivity contribution is 9.10. The summed E-state index contributed by atoms with van der Waals surface area (Å²) in [6.07, 6.45) is 0.0537. The summed E-state index contributed by atoms with van der Waals surface area (Å²) in [5, 5.41) is 30.2. The maximum absolute atomic E-state index is 13.7. The minimum atomic E-state index is -1.40. The standard InChI is InChI=1S/C31H54BrN3O12/c1-29(2,26(42)45-9)21-30(3,27(43)46-16-13-34(5,6)19-23(37)38)18-22(25(41)33-12-15-36)10-11-31(4,32)28(44)47-17-14-35(7,8)20-24(39)40/h22,36H,10-21H2,1-9H3,(H-2,33,37,38,39,40,41)/p+2. The van der Waals surface area contributed by atoms with Crippen LogP contribution in [0.15, 0.2) is 0 Å². The molecule has 0 saturated carbocycles. The number of halogens is 1. The summed E-state index contributed by atoms with van der Waals surface area (Å²) >= 11 is 3.41. The molecule has 3 unspecified atom stereocenters. The average molecular weight is 743 g/mol. The van der Waals surface area contributed by atoms with Gasteiger partial charge in [-0.05, 0) is 53.4 Å². The molecule has 0 radical (unpaired) electrons. The van der Waals surface area contributed by atoms with E-state index in [1.165, 1.54) is 7.11 Å². The quantitative estimate of drug-likeness (QED) is 0.0502. The maximum Gasteiger partial charge on any atom is 0.359 e. The van der Waals surface area contributed by atoms with Gasteiger partial charge in [-0.25, -0.2) is 9.59 Å². The zero-order chi connectivity index (χ0) is 36.9. The normalized spacial score (nSPS) is 15.4. The lowest BCUT2D eigenvalue weighted by atomic mass is 9.68. The second-order valence-electron chi connectivity index (χ2n) is 14.5. The first-order chi connectivity index (χ1) is 21.3. The number of hydrogen-bond acceptors (Lipinski definition) is 10. The smallest absolute Gasteiger partial charge is 0.359 e. The number of carboxylic acids is 2. The molecule has 3 atom stereocenters. The number of quaternary nitrogens is 2. The van der Waals surface area contributed by atoms with Crippen molar-refractivity contribution < 1.29 is 67.3 Å². The lowest BCUT2D eigenvalue weighted by Crippen LogP contribution is -2.47. The van der Waals surface area contributed by atoms with E-state index in [1.54, 1.807) is 55.9 Å². The van der Waals surface area contributed by atoms with Crippen molar-refractivity contribution in [2.45, 2.75) is 57.7 Å². The zero-order valence-electron chi connectivity index (χ0n) is 29.4. The van der Waals surface area contributed by atoms with Crippen molar-refractivity contribution in [3.63, 3.8) is 0 Å². The number of nitrogens with zero attached hydrogens (tertiary/aromatic N) is 2. The summed E-state index contributed by atoms with van der Waals surface area (Å²) in [4.78, 5) is 75.0. The molecule has 0 aliphatic carbocycles. The van der Waals surface area contributed by atoms with Gasteiger partial charge in [-0.3, -0.25) is 19.2 Å². The number of carboxylic acid groups (broad SMARTS) is 2. The highest BCUT2D eigenvalue weighted by Crippen LogP contribution is 2.42. The fourth-order valence-electron chi connectivity index (χ4n) is 5.28. The summed E-state index contributed by atoms with van der Waals surface area (Å²) in [6.45, 7) is 6.00. The number of methoxy groups -OCH3 is 1. The van der Waals surface area contributed by atoms with E-state index in [1.807, 2.05) is 0 Å². The van der Waals surface area contributed by atoms with E-state index < -0.39 is 56.8 Å². The second kappa shape index (κ2) is 18.7. The molecule has 0 bridgehead atoms. The fourth-order valence-corrected chi connectivity index (χ4v) is 5.62. The van der Waals surface area contributed by atoms with Gasteiger partial charge in [0.15, 0.2) is 13.1 Å². The monoisotopic (exact) mass is 741 g/mol. The molecule has 15 nitrogen and oxygen atoms in total. The molecule has 4 N–H and O–H groups in total. The van der Waals surface area contributed by atoms with Gasteiger partial charge in [0.05, 0.1) is 52.7 Å². The van der Waals surface area contributed by atoms with Crippen LogP contribution in [0, 0.1) is 16.7 Å². The van der Waals surface area contributed by atoms with Gasteiger partial charge in [-0.1, -0.05) is 15.9 Å². The van der Waals surface area contributed by atoms with Crippen LogP contribution in [0.5, 0.6) is 0 Å². The van der Waals surface area contributed by atoms with Crippen LogP contribution in [0.2, 0.25) is 0 Å². The first-order valence-electron chi connectivity index (χ1n) is 15.4. The first kappa shape index (κ1) is 44.2. The maximum atomic E-state index is 13.7. The number of likely N-dealkylation sites (N-methyl/N-ethyl adjacent to an activating group) is 2. The van der Waals surface area contributed by atoms with Crippen molar-refractivity contribution in [2.24, 2.45) is 16.7 Å². The third kappa shape index (κ3) is 16.7. The second-order valence-corrected chi connectivity index (χ2v) is 16.2. The SMILES string of the molecule is COC(=O)C(C)(C)CC(C)(CC(CCC(C)(Br)C(=O)OCC[N+](C)(C)CC(=O)O)C(=O)NCCO)C(=O)OCC[N+](C)(C)CC(=O)O. The number of alkyl halides is 1. The topological polar surface area (TPSA) is 203 Å². The van der Waals surface area contributed by atoms with Crippen LogP contribution in [-0.2, 0) is 43.0 Å². The van der Waals surface area contributed by atoms with Gasteiger partial charge in [0.1, 0.15) is 30.6 Å². The molecule has 0 aliphatic rings. The number of esters is 3. The lowest BCUT2D eigenvalue weighted by Gasteiger charge is -2.37. The predicted octanol–water partition coefficient (Wildman–Crippen LogP) is 1.04. The van der Waals surface area contributed by atoms with Crippen molar-refractivity contribution in [3.05, 3.63) is 0 Å². The van der Waals surface area contributed by atoms with E-state index in [9.17, 15) is 39.0 Å². The van der Waals surface area contributed by atoms with Crippen molar-refractivity contribution >= 4 is 51.7 Å². The van der Waals surface area contributed by atoms with Crippen molar-refractivity contribution in [1.29, 1.82) is 0 Å². The molecule has 272 valence electrons. The molecule has 0 spiro atoms. The van der Waals surface area contributed by atoms with Crippen LogP contribution in [-0.4, -0.2) is 152 Å². The summed E-state index contributed by atoms with van der Waals surface area (Å²) in [5.74, 6) is -5.21. The lowest BCUT2D eigenvalue weighted by molar-refractivity contribution is -0.883. The first-order valence-corrected chi connectivity index (χ1v) is 16.2. The molecule has 0 rings (SSSR count). The van der Waals surface area contributed by atoms with Crippen molar-refractivity contribution in [1.82, 2.24) is 5.32 Å². The number of hydrogen-bond donors (Lipinski definition) is 4. The highest BCUT2D eigenvalue weighted by Gasteiger charge is 2.47. The van der Waals surface area contributed by atoms with Gasteiger partial charge < -0.3 is 43.8 Å². The molecular formula is C31H56BrN3O12+2. The molecule has 16 heteroatoms. The number of carbonyl (C=O) groups excluding carboxylic acids is 4. The summed E-state index contributed by atoms with van der Waals surface area (Å²) in [6, 6.07) is 0. The Bertz CT molecular complexity index is 1110. The van der Waals surface area contributed by atoms with Gasteiger partial charge in [0.25, 0.3) is 0 Å². The number of carbonyl (C=O) groups is 6. The molecule has 0 fully saturated rings. The largest absolute Gasteiger partial charge is 0.477 e. The van der Waals surface area contributed by atoms with E-state index in [2.05, 4.69) is 21.2 Å². The molecule has 0 aromatic heterocycles. The van der Waals surface area contributed by atoms with E-state index in [4.69, 9.17) is 19.3 Å². The van der Waals surface area contributed by atoms with Gasteiger partial charge in [-0.15, -0.1) is 0 Å². The number of aliphatic hydroxyl groups is 1. The Labute approximate surface area is 286 Å². The van der Waals surface area contributed by atoms with Crippen LogP contribution in [0.4, 0.5) is 0 Å². The van der Waals surface area contributed by atoms with Crippen LogP contribution in [0.1, 0.15) is 53.4 Å². The van der Waals surface area contributed by atoms with E-state index in [0.717, 1.165) is 0 Å². The van der Waals surface area contributed by atoms with Gasteiger partial charge in [-0.2, -0.15) is 0 Å². The van der Waals surface area contributed by atoms with Crippen LogP contribution < -0.4 is 5.32 Å². The molecule has 0 heterocycles. The van der Waals surface area contributed by atoms with Crippen LogP contribution >= 0.6 is 15.9 Å². The number of amides is 1. The van der Waals surface area contributed by atoms with E-state index in [-0.39, 0.29) is 87.2 Å². The Morgan fingerprint density at radius 3 is 1.70 bits per heavy atom. The van der Waals surface area contributed by atoms with E-state index in [0.29, 0.717) is 0 Å². The van der Waals surface area contributed by atoms with Gasteiger partial charge in [0.2, 0.25) is 5.91 Å². The van der Waals surface area contributed by atoms with Crippen LogP contribution in [0.25, 0.3) is 0 Å². The summed E-state index contributed by atoms with van der Waals surface area (Å²) in [7, 11) is 7.99. The summed E-state index contributed by atoms with van der Waals surface area (Å²) < 4.78 is 14.9. The number of rotatable bonds is 23. The Kier molecular flexibility index (Phi) is 17.5. The third-order valence-corrected chi connectivity index (χ3v) is 8.64. The predicted molar refractivity (Wildman–Crippen MR) is 174 cm³/mol. The fraction of sp³-hybridized carbons (Fsp3) is 0.806. The zero-order valence-corrected chi connectivity index (χ0v) is 30.9. The van der Waals surface area contributed by atoms with Gasteiger partial charge >= 0.3 is 29.8 Å². The molecular weight excluding hydrogens is 686 g/mol. The highest BCUT2D eigenvalue weighted by atomic mass is 79.9. The average Bonchev–Trinajstić information content (AvgIpc) is 2.91. The Balaban J connectivity index is 6.10. The molecule has 0 saturated heterocycles. The number of aliphatic hydroxyl groups excluding tert-OH is 1. The van der Waals surface area contributed by atoms with Crippen molar-refractivity contribution in [2.75, 3.05) is 87.8 Å². The Morgan fingerprint density at radius 1 is 0.809 bits per heavy atom. The number of ether oxygens (including phenoxy) is 3. The molecule has 47 heavy (non-hydrogen) atoms. The number of nitrogens with one attached hydrogen (secondary N) is 1. The Hall–Kier alpha value is -2.82. The third-order valence-electron chi connectivity index (χ3n) is 7.92. The van der Waals surface area contributed by atoms with Crippen LogP contribution in [0.3, 0.4) is 0 Å². The summed E-state index contributed by atoms with van der Waals surface area (Å²) in [5.41, 5.74) is -2.56.